The van der Waals surface area contributed by atoms with Gasteiger partial charge in [-0.1, -0.05) is 0 Å². The van der Waals surface area contributed by atoms with Gasteiger partial charge in [-0.15, -0.1) is 11.3 Å². The number of hydrogen-bond donors (Lipinski definition) is 1. The number of aliphatic hydroxyl groups excluding tert-OH is 1. The molecular weight excluding hydrogens is 228 g/mol. The summed E-state index contributed by atoms with van der Waals surface area (Å²) >= 11 is 1.55. The second-order valence-corrected chi connectivity index (χ2v) is 4.76. The van der Waals surface area contributed by atoms with Gasteiger partial charge in [0.25, 0.3) is 0 Å². The van der Waals surface area contributed by atoms with Crippen molar-refractivity contribution in [2.45, 2.75) is 25.1 Å². The Morgan fingerprint density at radius 1 is 1.81 bits per heavy atom. The van der Waals surface area contributed by atoms with Crippen molar-refractivity contribution in [3.8, 4) is 0 Å². The van der Waals surface area contributed by atoms with Crippen LogP contribution in [0.2, 0.25) is 0 Å². The fraction of sp³-hybridized carbons (Fsp3) is 0.600. The van der Waals surface area contributed by atoms with E-state index in [4.69, 9.17) is 4.74 Å². The van der Waals surface area contributed by atoms with Crippen LogP contribution in [0.4, 0.5) is 0 Å². The zero-order valence-corrected chi connectivity index (χ0v) is 9.81. The van der Waals surface area contributed by atoms with E-state index >= 15 is 0 Å². The molecule has 0 amide bonds. The molecule has 16 heavy (non-hydrogen) atoms. The number of esters is 1. The Balaban J connectivity index is 2.04. The summed E-state index contributed by atoms with van der Waals surface area (Å²) in [7, 11) is 1.37. The van der Waals surface area contributed by atoms with Crippen LogP contribution in [-0.4, -0.2) is 46.8 Å². The summed E-state index contributed by atoms with van der Waals surface area (Å²) in [4.78, 5) is 17.6. The smallest absolute Gasteiger partial charge is 0.323 e. The molecule has 0 aliphatic carbocycles. The molecule has 0 saturated carbocycles. The monoisotopic (exact) mass is 242 g/mol. The number of carbonyl (C=O) groups excluding carboxylic acids is 1. The van der Waals surface area contributed by atoms with Gasteiger partial charge in [-0.2, -0.15) is 0 Å². The standard InChI is InChI=1S/C10H14N2O3S/c1-15-10(14)8-4-7(13)5-12(8)6-9-11-2-3-16-9/h2-3,7-8,13H,4-6H2,1H3/t7-,8+/m1/s1. The molecule has 1 aromatic rings. The topological polar surface area (TPSA) is 62.7 Å². The molecule has 1 aromatic heterocycles. The summed E-state index contributed by atoms with van der Waals surface area (Å²) in [5.74, 6) is -0.284. The third-order valence-corrected chi connectivity index (χ3v) is 3.44. The zero-order chi connectivity index (χ0) is 11.5. The predicted octanol–water partition coefficient (Wildman–Crippen LogP) is 0.251. The third kappa shape index (κ3) is 2.40. The highest BCUT2D eigenvalue weighted by Gasteiger charge is 2.36. The van der Waals surface area contributed by atoms with Crippen LogP contribution in [0.25, 0.3) is 0 Å². The molecule has 5 nitrogen and oxygen atoms in total. The van der Waals surface area contributed by atoms with Gasteiger partial charge in [0.2, 0.25) is 0 Å². The van der Waals surface area contributed by atoms with Gasteiger partial charge in [0.1, 0.15) is 11.0 Å². The van der Waals surface area contributed by atoms with Gasteiger partial charge >= 0.3 is 5.97 Å². The molecule has 2 heterocycles. The Morgan fingerprint density at radius 3 is 3.25 bits per heavy atom. The molecule has 0 aromatic carbocycles. The van der Waals surface area contributed by atoms with Crippen molar-refractivity contribution in [1.29, 1.82) is 0 Å². The highest BCUT2D eigenvalue weighted by Crippen LogP contribution is 2.22. The summed E-state index contributed by atoms with van der Waals surface area (Å²) < 4.78 is 4.72. The Bertz CT molecular complexity index is 355. The minimum absolute atomic E-state index is 0.284. The van der Waals surface area contributed by atoms with E-state index in [1.807, 2.05) is 10.3 Å². The molecule has 0 unspecified atom stereocenters. The number of aromatic nitrogens is 1. The van der Waals surface area contributed by atoms with Crippen LogP contribution < -0.4 is 0 Å². The zero-order valence-electron chi connectivity index (χ0n) is 9.00. The molecule has 0 spiro atoms. The first-order valence-electron chi connectivity index (χ1n) is 5.09. The van der Waals surface area contributed by atoms with Gasteiger partial charge in [-0.25, -0.2) is 4.98 Å². The molecule has 1 aliphatic heterocycles. The molecule has 1 saturated heterocycles. The summed E-state index contributed by atoms with van der Waals surface area (Å²) in [6.45, 7) is 1.09. The number of hydrogen-bond acceptors (Lipinski definition) is 6. The Kier molecular flexibility index (Phi) is 3.52. The van der Waals surface area contributed by atoms with Gasteiger partial charge in [-0.05, 0) is 0 Å². The molecule has 6 heteroatoms. The maximum absolute atomic E-state index is 11.5. The van der Waals surface area contributed by atoms with E-state index < -0.39 is 6.10 Å². The van der Waals surface area contributed by atoms with Crippen molar-refractivity contribution < 1.29 is 14.6 Å². The minimum Gasteiger partial charge on any atom is -0.468 e. The van der Waals surface area contributed by atoms with E-state index in [-0.39, 0.29) is 12.0 Å². The molecule has 2 atom stereocenters. The Morgan fingerprint density at radius 2 is 2.62 bits per heavy atom. The summed E-state index contributed by atoms with van der Waals surface area (Å²) in [5.41, 5.74) is 0. The molecule has 88 valence electrons. The van der Waals surface area contributed by atoms with E-state index in [0.717, 1.165) is 5.01 Å². The van der Waals surface area contributed by atoms with Crippen molar-refractivity contribution in [1.82, 2.24) is 9.88 Å². The van der Waals surface area contributed by atoms with Gasteiger partial charge < -0.3 is 9.84 Å². The van der Waals surface area contributed by atoms with E-state index in [1.165, 1.54) is 7.11 Å². The van der Waals surface area contributed by atoms with Gasteiger partial charge in [0.15, 0.2) is 0 Å². The number of β-amino-alcohol motifs (C(OH)–C–C–N with tert-alkyl or cyclic N) is 1. The summed E-state index contributed by atoms with van der Waals surface area (Å²) in [6.07, 6.45) is 1.72. The van der Waals surface area contributed by atoms with Crippen LogP contribution in [0.15, 0.2) is 11.6 Å². The first-order chi connectivity index (χ1) is 7.70. The van der Waals surface area contributed by atoms with Crippen LogP contribution >= 0.6 is 11.3 Å². The fourth-order valence-corrected chi connectivity index (χ4v) is 2.58. The average Bonchev–Trinajstić information content (AvgIpc) is 2.88. The number of aliphatic hydroxyl groups is 1. The van der Waals surface area contributed by atoms with Gasteiger partial charge in [-0.3, -0.25) is 9.69 Å². The molecule has 1 N–H and O–H groups in total. The second-order valence-electron chi connectivity index (χ2n) is 3.78. The quantitative estimate of drug-likeness (QED) is 0.770. The number of thiazole rings is 1. The normalized spacial score (nSPS) is 25.9. The van der Waals surface area contributed by atoms with Crippen LogP contribution in [0, 0.1) is 0 Å². The molecule has 2 rings (SSSR count). The first kappa shape index (κ1) is 11.5. The van der Waals surface area contributed by atoms with Crippen molar-refractivity contribution in [3.05, 3.63) is 16.6 Å². The highest BCUT2D eigenvalue weighted by molar-refractivity contribution is 7.09. The lowest BCUT2D eigenvalue weighted by atomic mass is 10.2. The lowest BCUT2D eigenvalue weighted by molar-refractivity contribution is -0.146. The van der Waals surface area contributed by atoms with E-state index in [0.29, 0.717) is 19.5 Å². The molecule has 0 bridgehead atoms. The maximum atomic E-state index is 11.5. The number of methoxy groups -OCH3 is 1. The number of carbonyl (C=O) groups is 1. The Labute approximate surface area is 97.7 Å². The molecule has 1 aliphatic rings. The SMILES string of the molecule is COC(=O)[C@@H]1C[C@@H](O)CN1Cc1nccs1. The van der Waals surface area contributed by atoms with Gasteiger partial charge in [0.05, 0.1) is 19.8 Å². The van der Waals surface area contributed by atoms with E-state index in [9.17, 15) is 9.90 Å². The minimum atomic E-state index is -0.455. The maximum Gasteiger partial charge on any atom is 0.323 e. The van der Waals surface area contributed by atoms with E-state index in [2.05, 4.69) is 4.98 Å². The Hall–Kier alpha value is -0.980. The number of nitrogens with zero attached hydrogens (tertiary/aromatic N) is 2. The van der Waals surface area contributed by atoms with Crippen molar-refractivity contribution in [2.24, 2.45) is 0 Å². The summed E-state index contributed by atoms with van der Waals surface area (Å²) in [5, 5.41) is 12.4. The van der Waals surface area contributed by atoms with Crippen LogP contribution in [-0.2, 0) is 16.1 Å². The highest BCUT2D eigenvalue weighted by atomic mass is 32.1. The van der Waals surface area contributed by atoms with Crippen LogP contribution in [0.1, 0.15) is 11.4 Å². The fourth-order valence-electron chi connectivity index (χ4n) is 1.94. The lowest BCUT2D eigenvalue weighted by Gasteiger charge is -2.20. The predicted molar refractivity (Wildman–Crippen MR) is 59.0 cm³/mol. The van der Waals surface area contributed by atoms with Crippen molar-refractivity contribution in [3.63, 3.8) is 0 Å². The van der Waals surface area contributed by atoms with Gasteiger partial charge in [0, 0.05) is 24.5 Å². The number of rotatable bonds is 3. The summed E-state index contributed by atoms with van der Waals surface area (Å²) in [6, 6.07) is -0.344. The third-order valence-electron chi connectivity index (χ3n) is 2.68. The first-order valence-corrected chi connectivity index (χ1v) is 5.97. The lowest BCUT2D eigenvalue weighted by Crippen LogP contribution is -2.36. The molecule has 0 radical (unpaired) electrons. The van der Waals surface area contributed by atoms with Crippen LogP contribution in [0.5, 0.6) is 0 Å². The molecule has 1 fully saturated rings. The van der Waals surface area contributed by atoms with E-state index in [1.54, 1.807) is 17.5 Å². The second kappa shape index (κ2) is 4.90. The van der Waals surface area contributed by atoms with Crippen molar-refractivity contribution >= 4 is 17.3 Å². The largest absolute Gasteiger partial charge is 0.468 e. The van der Waals surface area contributed by atoms with Crippen molar-refractivity contribution in [2.75, 3.05) is 13.7 Å². The molecular formula is C10H14N2O3S. The average molecular weight is 242 g/mol. The number of ether oxygens (including phenoxy) is 1. The number of likely N-dealkylation sites (tertiary alicyclic amines) is 1. The van der Waals surface area contributed by atoms with Crippen LogP contribution in [0.3, 0.4) is 0 Å².